The van der Waals surface area contributed by atoms with Crippen molar-refractivity contribution in [2.75, 3.05) is 13.7 Å². The number of carbonyl (C=O) groups excluding carboxylic acids is 2. The normalized spacial score (nSPS) is 12.9. The molecule has 0 spiro atoms. The van der Waals surface area contributed by atoms with E-state index in [1.807, 2.05) is 73.0 Å². The van der Waals surface area contributed by atoms with Crippen LogP contribution >= 0.6 is 0 Å². The monoisotopic (exact) mass is 468 g/mol. The fourth-order valence-electron chi connectivity index (χ4n) is 5.06. The van der Waals surface area contributed by atoms with E-state index >= 15 is 0 Å². The van der Waals surface area contributed by atoms with Gasteiger partial charge in [-0.05, 0) is 81.5 Å². The average Bonchev–Trinajstić information content (AvgIpc) is 3.19. The molecule has 0 bridgehead atoms. The highest BCUT2D eigenvalue weighted by Crippen LogP contribution is 2.30. The van der Waals surface area contributed by atoms with Crippen molar-refractivity contribution >= 4 is 22.7 Å². The zero-order valence-electron chi connectivity index (χ0n) is 20.3. The number of aryl methyl sites for hydroxylation is 2. The van der Waals surface area contributed by atoms with Crippen LogP contribution in [0.5, 0.6) is 5.75 Å². The summed E-state index contributed by atoms with van der Waals surface area (Å²) < 4.78 is 12.9. The van der Waals surface area contributed by atoms with Crippen LogP contribution in [0.15, 0.2) is 54.6 Å². The number of ketones is 1. The Morgan fingerprint density at radius 1 is 1.00 bits per heavy atom. The van der Waals surface area contributed by atoms with E-state index in [9.17, 15) is 9.59 Å². The van der Waals surface area contributed by atoms with Crippen LogP contribution in [0, 0.1) is 13.8 Å². The van der Waals surface area contributed by atoms with Gasteiger partial charge in [-0.15, -0.1) is 0 Å². The van der Waals surface area contributed by atoms with Crippen molar-refractivity contribution in [1.82, 2.24) is 9.55 Å². The third-order valence-electron chi connectivity index (χ3n) is 6.77. The van der Waals surface area contributed by atoms with Gasteiger partial charge < -0.3 is 14.0 Å². The summed E-state index contributed by atoms with van der Waals surface area (Å²) in [6.45, 7) is 3.55. The van der Waals surface area contributed by atoms with Crippen molar-refractivity contribution in [1.29, 1.82) is 0 Å². The molecule has 2 aromatic carbocycles. The molecule has 1 aliphatic rings. The Morgan fingerprint density at radius 3 is 2.51 bits per heavy atom. The lowest BCUT2D eigenvalue weighted by atomic mass is 9.90. The van der Waals surface area contributed by atoms with Crippen molar-refractivity contribution in [2.24, 2.45) is 0 Å². The molecule has 178 valence electrons. The van der Waals surface area contributed by atoms with Gasteiger partial charge in [-0.3, -0.25) is 9.78 Å². The Hall–Kier alpha value is -3.93. The summed E-state index contributed by atoms with van der Waals surface area (Å²) in [7, 11) is 1.63. The lowest BCUT2D eigenvalue weighted by molar-refractivity contribution is 0.0475. The van der Waals surface area contributed by atoms with Gasteiger partial charge in [-0.2, -0.15) is 0 Å². The smallest absolute Gasteiger partial charge is 0.339 e. The quantitative estimate of drug-likeness (QED) is 0.273. The number of Topliss-reactive ketones (excluding diaryl/α,β-unsaturated/α-hetero) is 1. The number of benzene rings is 2. The lowest BCUT2D eigenvalue weighted by Crippen LogP contribution is -2.19. The molecule has 4 aromatic rings. The Kier molecular flexibility index (Phi) is 6.12. The molecular formula is C29H28N2O4. The molecule has 2 aromatic heterocycles. The Bertz CT molecular complexity index is 1430. The fourth-order valence-corrected chi connectivity index (χ4v) is 5.06. The minimum absolute atomic E-state index is 0.224. The molecule has 0 atom stereocenters. The molecule has 0 aliphatic heterocycles. The highest BCUT2D eigenvalue weighted by atomic mass is 16.5. The van der Waals surface area contributed by atoms with Crippen molar-refractivity contribution in [3.05, 3.63) is 88.4 Å². The van der Waals surface area contributed by atoms with Crippen molar-refractivity contribution < 1.29 is 19.1 Å². The summed E-state index contributed by atoms with van der Waals surface area (Å²) in [5.41, 5.74) is 6.49. The van der Waals surface area contributed by atoms with E-state index in [1.54, 1.807) is 7.11 Å². The maximum Gasteiger partial charge on any atom is 0.339 e. The zero-order valence-corrected chi connectivity index (χ0v) is 20.3. The summed E-state index contributed by atoms with van der Waals surface area (Å²) in [4.78, 5) is 31.2. The number of ether oxygens (including phenoxy) is 2. The molecule has 6 heteroatoms. The number of fused-ring (bicyclic) bond motifs is 2. The first-order valence-corrected chi connectivity index (χ1v) is 11.9. The number of methoxy groups -OCH3 is 1. The number of pyridine rings is 1. The Balaban J connectivity index is 1.40. The number of hydrogen-bond acceptors (Lipinski definition) is 5. The van der Waals surface area contributed by atoms with E-state index < -0.39 is 5.97 Å². The van der Waals surface area contributed by atoms with E-state index in [4.69, 9.17) is 14.5 Å². The van der Waals surface area contributed by atoms with Gasteiger partial charge in [-0.1, -0.05) is 18.2 Å². The van der Waals surface area contributed by atoms with Crippen molar-refractivity contribution in [2.45, 2.75) is 39.5 Å². The third-order valence-corrected chi connectivity index (χ3v) is 6.77. The Labute approximate surface area is 204 Å². The van der Waals surface area contributed by atoms with Crippen molar-refractivity contribution in [3.63, 3.8) is 0 Å². The van der Waals surface area contributed by atoms with Gasteiger partial charge in [-0.25, -0.2) is 4.79 Å². The van der Waals surface area contributed by atoms with Gasteiger partial charge in [0, 0.05) is 33.7 Å². The van der Waals surface area contributed by atoms with Gasteiger partial charge in [0.1, 0.15) is 5.75 Å². The minimum atomic E-state index is -0.459. The van der Waals surface area contributed by atoms with Gasteiger partial charge in [0.25, 0.3) is 0 Å². The Morgan fingerprint density at radius 2 is 1.74 bits per heavy atom. The molecule has 0 saturated heterocycles. The van der Waals surface area contributed by atoms with Gasteiger partial charge >= 0.3 is 5.97 Å². The van der Waals surface area contributed by atoms with Gasteiger partial charge in [0.2, 0.25) is 5.78 Å². The molecule has 35 heavy (non-hydrogen) atoms. The molecule has 5 rings (SSSR count). The summed E-state index contributed by atoms with van der Waals surface area (Å²) in [6.07, 6.45) is 3.74. The SMILES string of the molecule is COc1ccc(-n2c(C)cc(C(=O)COC(=O)c3c4c(nc5ccccc35)CCCC4)c2C)cc1. The minimum Gasteiger partial charge on any atom is -0.497 e. The van der Waals surface area contributed by atoms with Crippen LogP contribution in [-0.4, -0.2) is 35.0 Å². The predicted octanol–water partition coefficient (Wildman–Crippen LogP) is 5.57. The summed E-state index contributed by atoms with van der Waals surface area (Å²) >= 11 is 0. The second-order valence-electron chi connectivity index (χ2n) is 8.95. The lowest BCUT2D eigenvalue weighted by Gasteiger charge is -2.19. The second-order valence-corrected chi connectivity index (χ2v) is 8.95. The molecule has 0 amide bonds. The van der Waals surface area contributed by atoms with E-state index in [0.717, 1.165) is 70.7 Å². The fraction of sp³-hybridized carbons (Fsp3) is 0.276. The van der Waals surface area contributed by atoms with Crippen LogP contribution in [0.25, 0.3) is 16.6 Å². The molecular weight excluding hydrogens is 440 g/mol. The van der Waals surface area contributed by atoms with E-state index in [0.29, 0.717) is 11.1 Å². The zero-order chi connectivity index (χ0) is 24.5. The van der Waals surface area contributed by atoms with Crippen LogP contribution in [0.4, 0.5) is 0 Å². The third kappa shape index (κ3) is 4.20. The van der Waals surface area contributed by atoms with Crippen LogP contribution in [0.3, 0.4) is 0 Å². The molecule has 1 aliphatic carbocycles. The predicted molar refractivity (Wildman–Crippen MR) is 135 cm³/mol. The van der Waals surface area contributed by atoms with Gasteiger partial charge in [0.15, 0.2) is 6.61 Å². The average molecular weight is 469 g/mol. The number of carbonyl (C=O) groups is 2. The molecule has 0 saturated carbocycles. The second kappa shape index (κ2) is 9.37. The van der Waals surface area contributed by atoms with Crippen LogP contribution in [-0.2, 0) is 17.6 Å². The highest BCUT2D eigenvalue weighted by molar-refractivity contribution is 6.06. The van der Waals surface area contributed by atoms with E-state index in [1.165, 1.54) is 0 Å². The summed E-state index contributed by atoms with van der Waals surface area (Å²) in [6, 6.07) is 17.2. The molecule has 0 radical (unpaired) electrons. The number of nitrogens with zero attached hydrogens (tertiary/aromatic N) is 2. The number of rotatable bonds is 6. The summed E-state index contributed by atoms with van der Waals surface area (Å²) in [5, 5.41) is 0.781. The highest BCUT2D eigenvalue weighted by Gasteiger charge is 2.25. The van der Waals surface area contributed by atoms with Crippen molar-refractivity contribution in [3.8, 4) is 11.4 Å². The topological polar surface area (TPSA) is 70.4 Å². The molecule has 6 nitrogen and oxygen atoms in total. The first kappa shape index (κ1) is 22.8. The molecule has 0 unspecified atom stereocenters. The van der Waals surface area contributed by atoms with Gasteiger partial charge in [0.05, 0.1) is 18.2 Å². The first-order chi connectivity index (χ1) is 17.0. The number of hydrogen-bond donors (Lipinski definition) is 0. The van der Waals surface area contributed by atoms with Crippen LogP contribution < -0.4 is 4.74 Å². The van der Waals surface area contributed by atoms with E-state index in [2.05, 4.69) is 0 Å². The van der Waals surface area contributed by atoms with Crippen LogP contribution in [0.1, 0.15) is 56.2 Å². The number of para-hydroxylation sites is 1. The van der Waals surface area contributed by atoms with E-state index in [-0.39, 0.29) is 12.4 Å². The number of aromatic nitrogens is 2. The molecule has 2 heterocycles. The number of esters is 1. The largest absolute Gasteiger partial charge is 0.497 e. The van der Waals surface area contributed by atoms with Crippen LogP contribution in [0.2, 0.25) is 0 Å². The molecule has 0 fully saturated rings. The maximum absolute atomic E-state index is 13.3. The maximum atomic E-state index is 13.3. The summed E-state index contributed by atoms with van der Waals surface area (Å²) in [5.74, 6) is 0.0859. The standard InChI is InChI=1S/C29H28N2O4/c1-18-16-24(19(2)31(18)20-12-14-21(34-3)15-13-20)27(32)17-35-29(33)28-22-8-4-6-10-25(22)30-26-11-7-5-9-23(26)28/h4,6,8,10,12-16H,5,7,9,11,17H2,1-3H3. The first-order valence-electron chi connectivity index (χ1n) is 11.9. The molecule has 0 N–H and O–H groups in total.